The van der Waals surface area contributed by atoms with Crippen LogP contribution in [-0.4, -0.2) is 58.8 Å². The highest BCUT2D eigenvalue weighted by molar-refractivity contribution is 9.10. The van der Waals surface area contributed by atoms with Crippen LogP contribution in [0.1, 0.15) is 38.4 Å². The molecule has 2 heterocycles. The first kappa shape index (κ1) is 16.9. The minimum absolute atomic E-state index is 0.110. The Labute approximate surface area is 135 Å². The number of morpholine rings is 1. The second-order valence-corrected chi connectivity index (χ2v) is 6.28. The zero-order valence-corrected chi connectivity index (χ0v) is 14.8. The predicted octanol–water partition coefficient (Wildman–Crippen LogP) is 1.73. The summed E-state index contributed by atoms with van der Waals surface area (Å²) in [4.78, 5) is 2.48. The lowest BCUT2D eigenvalue weighted by atomic mass is 10.1. The van der Waals surface area contributed by atoms with Gasteiger partial charge in [0.05, 0.1) is 24.4 Å². The molecule has 0 spiro atoms. The number of aromatic nitrogens is 3. The molecule has 0 saturated carbocycles. The second-order valence-electron chi connectivity index (χ2n) is 5.53. The van der Waals surface area contributed by atoms with Crippen LogP contribution in [0, 0.1) is 0 Å². The Morgan fingerprint density at radius 2 is 2.24 bits per heavy atom. The Balaban J connectivity index is 2.15. The summed E-state index contributed by atoms with van der Waals surface area (Å²) in [5, 5.41) is 11.8. The van der Waals surface area contributed by atoms with Crippen molar-refractivity contribution in [2.75, 3.05) is 32.8 Å². The summed E-state index contributed by atoms with van der Waals surface area (Å²) >= 11 is 3.52. The van der Waals surface area contributed by atoms with Gasteiger partial charge in [-0.15, -0.1) is 5.10 Å². The van der Waals surface area contributed by atoms with E-state index in [1.54, 1.807) is 0 Å². The molecule has 1 aromatic heterocycles. The van der Waals surface area contributed by atoms with Crippen molar-refractivity contribution in [2.24, 2.45) is 7.05 Å². The van der Waals surface area contributed by atoms with Crippen LogP contribution < -0.4 is 5.32 Å². The summed E-state index contributed by atoms with van der Waals surface area (Å²) in [5.41, 5.74) is 1.06. The summed E-state index contributed by atoms with van der Waals surface area (Å²) in [5.74, 6) is 0. The molecule has 2 unspecified atom stereocenters. The highest BCUT2D eigenvalue weighted by atomic mass is 79.9. The third-order valence-corrected chi connectivity index (χ3v) is 4.39. The Kier molecular flexibility index (Phi) is 6.60. The molecule has 2 rings (SSSR count). The van der Waals surface area contributed by atoms with Crippen molar-refractivity contribution in [3.05, 3.63) is 10.3 Å². The number of nitrogens with zero attached hydrogens (tertiary/aromatic N) is 4. The van der Waals surface area contributed by atoms with E-state index in [4.69, 9.17) is 4.74 Å². The van der Waals surface area contributed by atoms with Crippen molar-refractivity contribution >= 4 is 15.9 Å². The normalized spacial score (nSPS) is 21.6. The molecule has 0 bridgehead atoms. The van der Waals surface area contributed by atoms with Crippen LogP contribution in [-0.2, 0) is 11.8 Å². The Bertz CT molecular complexity index is 417. The lowest BCUT2D eigenvalue weighted by molar-refractivity contribution is -0.0483. The number of halogens is 1. The zero-order chi connectivity index (χ0) is 15.2. The van der Waals surface area contributed by atoms with E-state index in [-0.39, 0.29) is 12.1 Å². The molecule has 6 nitrogen and oxygen atoms in total. The van der Waals surface area contributed by atoms with Crippen molar-refractivity contribution in [3.8, 4) is 0 Å². The fraction of sp³-hybridized carbons (Fsp3) is 0.857. The molecule has 1 fully saturated rings. The Hall–Kier alpha value is -0.500. The van der Waals surface area contributed by atoms with Crippen LogP contribution in [0.2, 0.25) is 0 Å². The average Bonchev–Trinajstić information content (AvgIpc) is 2.81. The number of hydrogen-bond donors (Lipinski definition) is 1. The smallest absolute Gasteiger partial charge is 0.153 e. The first-order valence-electron chi connectivity index (χ1n) is 7.79. The third-order valence-electron chi connectivity index (χ3n) is 3.82. The molecule has 0 radical (unpaired) electrons. The zero-order valence-electron chi connectivity index (χ0n) is 13.2. The predicted molar refractivity (Wildman–Crippen MR) is 86.2 cm³/mol. The minimum Gasteiger partial charge on any atom is -0.374 e. The maximum absolute atomic E-state index is 6.05. The fourth-order valence-electron chi connectivity index (χ4n) is 2.83. The molecule has 120 valence electrons. The van der Waals surface area contributed by atoms with E-state index < -0.39 is 0 Å². The number of aryl methyl sites for hydroxylation is 1. The Morgan fingerprint density at radius 1 is 1.43 bits per heavy atom. The maximum atomic E-state index is 6.05. The van der Waals surface area contributed by atoms with Gasteiger partial charge >= 0.3 is 0 Å². The fourth-order valence-corrected chi connectivity index (χ4v) is 3.40. The van der Waals surface area contributed by atoms with E-state index >= 15 is 0 Å². The quantitative estimate of drug-likeness (QED) is 0.803. The van der Waals surface area contributed by atoms with Crippen LogP contribution in [0.5, 0.6) is 0 Å². The molecule has 7 heteroatoms. The Morgan fingerprint density at radius 3 is 2.86 bits per heavy atom. The summed E-state index contributed by atoms with van der Waals surface area (Å²) < 4.78 is 8.69. The van der Waals surface area contributed by atoms with E-state index in [0.29, 0.717) is 0 Å². The lowest BCUT2D eigenvalue weighted by Crippen LogP contribution is -2.49. The van der Waals surface area contributed by atoms with Crippen LogP contribution >= 0.6 is 15.9 Å². The summed E-state index contributed by atoms with van der Waals surface area (Å²) in [6.07, 6.45) is 2.40. The van der Waals surface area contributed by atoms with Gasteiger partial charge in [-0.3, -0.25) is 4.90 Å². The molecule has 1 aromatic rings. The molecular formula is C14H26BrN5O. The number of ether oxygens (including phenoxy) is 1. The third kappa shape index (κ3) is 4.25. The molecule has 1 N–H and O–H groups in total. The van der Waals surface area contributed by atoms with Gasteiger partial charge in [-0.25, -0.2) is 4.68 Å². The van der Waals surface area contributed by atoms with Crippen molar-refractivity contribution in [3.63, 3.8) is 0 Å². The number of hydrogen-bond acceptors (Lipinski definition) is 5. The average molecular weight is 360 g/mol. The monoisotopic (exact) mass is 359 g/mol. The molecule has 1 saturated heterocycles. The van der Waals surface area contributed by atoms with Crippen molar-refractivity contribution in [1.82, 2.24) is 25.2 Å². The van der Waals surface area contributed by atoms with E-state index in [9.17, 15) is 0 Å². The van der Waals surface area contributed by atoms with Crippen molar-refractivity contribution < 1.29 is 4.74 Å². The van der Waals surface area contributed by atoms with E-state index in [0.717, 1.165) is 49.5 Å². The lowest BCUT2D eigenvalue weighted by Gasteiger charge is -2.37. The maximum Gasteiger partial charge on any atom is 0.153 e. The van der Waals surface area contributed by atoms with Gasteiger partial charge in [0, 0.05) is 20.1 Å². The summed E-state index contributed by atoms with van der Waals surface area (Å²) in [6, 6.07) is 0.110. The molecule has 0 aromatic carbocycles. The van der Waals surface area contributed by atoms with Gasteiger partial charge in [0.25, 0.3) is 0 Å². The van der Waals surface area contributed by atoms with Crippen LogP contribution in [0.25, 0.3) is 0 Å². The molecule has 2 atom stereocenters. The highest BCUT2D eigenvalue weighted by Crippen LogP contribution is 2.27. The summed E-state index contributed by atoms with van der Waals surface area (Å²) in [7, 11) is 1.93. The molecule has 0 amide bonds. The first-order valence-corrected chi connectivity index (χ1v) is 8.59. The standard InChI is InChI=1S/C14H26BrN5O/c1-4-6-16-12(13-14(15)17-18-19(13)3)11-10-20(7-5-2)8-9-21-11/h11-12,16H,4-10H2,1-3H3. The molecule has 1 aliphatic heterocycles. The highest BCUT2D eigenvalue weighted by Gasteiger charge is 2.32. The van der Waals surface area contributed by atoms with E-state index in [2.05, 4.69) is 50.3 Å². The largest absolute Gasteiger partial charge is 0.374 e. The van der Waals surface area contributed by atoms with Crippen molar-refractivity contribution in [1.29, 1.82) is 0 Å². The second kappa shape index (κ2) is 8.22. The van der Waals surface area contributed by atoms with Gasteiger partial charge in [-0.2, -0.15) is 0 Å². The van der Waals surface area contributed by atoms with Gasteiger partial charge in [-0.1, -0.05) is 19.1 Å². The van der Waals surface area contributed by atoms with Gasteiger partial charge in [-0.05, 0) is 41.9 Å². The van der Waals surface area contributed by atoms with Crippen LogP contribution in [0.15, 0.2) is 4.60 Å². The number of rotatable bonds is 7. The van der Waals surface area contributed by atoms with Gasteiger partial charge in [0.15, 0.2) is 4.60 Å². The topological polar surface area (TPSA) is 55.2 Å². The molecule has 21 heavy (non-hydrogen) atoms. The van der Waals surface area contributed by atoms with Gasteiger partial charge < -0.3 is 10.1 Å². The SMILES string of the molecule is CCCNC(c1c(Br)nnn1C)C1CN(CCC)CCO1. The van der Waals surface area contributed by atoms with E-state index in [1.807, 2.05) is 11.7 Å². The minimum atomic E-state index is 0.110. The molecule has 1 aliphatic rings. The van der Waals surface area contributed by atoms with Gasteiger partial charge in [0.1, 0.15) is 0 Å². The first-order chi connectivity index (χ1) is 10.2. The van der Waals surface area contributed by atoms with E-state index in [1.165, 1.54) is 6.42 Å². The summed E-state index contributed by atoms with van der Waals surface area (Å²) in [6.45, 7) is 9.24. The van der Waals surface area contributed by atoms with Crippen LogP contribution in [0.4, 0.5) is 0 Å². The number of nitrogens with one attached hydrogen (secondary N) is 1. The van der Waals surface area contributed by atoms with Crippen molar-refractivity contribution in [2.45, 2.75) is 38.8 Å². The molecular weight excluding hydrogens is 334 g/mol. The van der Waals surface area contributed by atoms with Gasteiger partial charge in [0.2, 0.25) is 0 Å². The van der Waals surface area contributed by atoms with Crippen LogP contribution in [0.3, 0.4) is 0 Å². The molecule has 0 aliphatic carbocycles.